The molecule has 0 radical (unpaired) electrons. The van der Waals surface area contributed by atoms with E-state index in [2.05, 4.69) is 61.6 Å². The van der Waals surface area contributed by atoms with Gasteiger partial charge in [-0.2, -0.15) is 11.3 Å². The smallest absolute Gasteiger partial charge is 0.224 e. The molecule has 2 N–H and O–H groups in total. The van der Waals surface area contributed by atoms with Gasteiger partial charge in [0.05, 0.1) is 0 Å². The summed E-state index contributed by atoms with van der Waals surface area (Å²) in [6.45, 7) is 4.64. The summed E-state index contributed by atoms with van der Waals surface area (Å²) >= 11 is 1.68. The first-order valence-electron chi connectivity index (χ1n) is 9.29. The molecular weight excluding hydrogens is 358 g/mol. The summed E-state index contributed by atoms with van der Waals surface area (Å²) in [5.41, 5.74) is 2.46. The van der Waals surface area contributed by atoms with Crippen LogP contribution in [0.2, 0.25) is 0 Å². The lowest BCUT2D eigenvalue weighted by molar-refractivity contribution is -0.131. The van der Waals surface area contributed by atoms with Gasteiger partial charge in [-0.1, -0.05) is 18.2 Å². The zero-order chi connectivity index (χ0) is 18.9. The van der Waals surface area contributed by atoms with Crippen LogP contribution in [0.5, 0.6) is 0 Å². The number of aliphatic imine (C=N–C) groups is 1. The van der Waals surface area contributed by atoms with Crippen molar-refractivity contribution in [3.63, 3.8) is 0 Å². The number of piperazine rings is 1. The fourth-order valence-electron chi connectivity index (χ4n) is 3.10. The van der Waals surface area contributed by atoms with E-state index in [1.807, 2.05) is 11.0 Å². The molecule has 7 heteroatoms. The summed E-state index contributed by atoms with van der Waals surface area (Å²) in [6, 6.07) is 12.5. The molecule has 0 aliphatic carbocycles. The predicted molar refractivity (Wildman–Crippen MR) is 112 cm³/mol. The standard InChI is InChI=1S/C20H27N5OS/c1-21-20(23-15-17-8-14-27-16-17)22-9-7-19(26)25-12-10-24(11-13-25)18-5-3-2-4-6-18/h2-6,8,14,16H,7,9-13,15H2,1H3,(H2,21,22,23). The fourth-order valence-corrected chi connectivity index (χ4v) is 3.77. The van der Waals surface area contributed by atoms with Crippen molar-refractivity contribution < 1.29 is 4.79 Å². The van der Waals surface area contributed by atoms with E-state index in [-0.39, 0.29) is 5.91 Å². The van der Waals surface area contributed by atoms with Crippen molar-refractivity contribution in [2.75, 3.05) is 44.7 Å². The van der Waals surface area contributed by atoms with Crippen LogP contribution in [0.25, 0.3) is 0 Å². The molecule has 1 fully saturated rings. The first-order chi connectivity index (χ1) is 13.3. The Hall–Kier alpha value is -2.54. The van der Waals surface area contributed by atoms with Gasteiger partial charge in [-0.3, -0.25) is 9.79 Å². The van der Waals surface area contributed by atoms with Crippen LogP contribution in [0.1, 0.15) is 12.0 Å². The third kappa shape index (κ3) is 5.72. The van der Waals surface area contributed by atoms with E-state index in [1.54, 1.807) is 18.4 Å². The molecule has 27 heavy (non-hydrogen) atoms. The van der Waals surface area contributed by atoms with E-state index in [9.17, 15) is 4.79 Å². The average Bonchev–Trinajstić information content (AvgIpc) is 3.25. The summed E-state index contributed by atoms with van der Waals surface area (Å²) in [4.78, 5) is 21.0. The topological polar surface area (TPSA) is 60.0 Å². The molecule has 1 aliphatic heterocycles. The third-order valence-electron chi connectivity index (χ3n) is 4.65. The molecule has 1 amide bonds. The second-order valence-corrected chi connectivity index (χ2v) is 7.22. The Balaban J connectivity index is 1.35. The molecule has 3 rings (SSSR count). The van der Waals surface area contributed by atoms with Crippen LogP contribution >= 0.6 is 11.3 Å². The lowest BCUT2D eigenvalue weighted by atomic mass is 10.2. The Morgan fingerprint density at radius 1 is 1.11 bits per heavy atom. The van der Waals surface area contributed by atoms with Crippen molar-refractivity contribution in [2.45, 2.75) is 13.0 Å². The van der Waals surface area contributed by atoms with E-state index >= 15 is 0 Å². The molecule has 0 saturated carbocycles. The molecule has 1 aliphatic rings. The molecule has 1 aromatic carbocycles. The summed E-state index contributed by atoms with van der Waals surface area (Å²) < 4.78 is 0. The Morgan fingerprint density at radius 2 is 1.89 bits per heavy atom. The van der Waals surface area contributed by atoms with Crippen molar-refractivity contribution in [3.05, 3.63) is 52.7 Å². The zero-order valence-corrected chi connectivity index (χ0v) is 16.5. The van der Waals surface area contributed by atoms with E-state index in [0.29, 0.717) is 13.0 Å². The number of hydrogen-bond acceptors (Lipinski definition) is 4. The quantitative estimate of drug-likeness (QED) is 0.591. The molecule has 1 saturated heterocycles. The van der Waals surface area contributed by atoms with Gasteiger partial charge in [-0.15, -0.1) is 0 Å². The lowest BCUT2D eigenvalue weighted by Crippen LogP contribution is -2.49. The number of carbonyl (C=O) groups is 1. The van der Waals surface area contributed by atoms with Crippen molar-refractivity contribution in [3.8, 4) is 0 Å². The maximum atomic E-state index is 12.5. The number of hydrogen-bond donors (Lipinski definition) is 2. The number of nitrogens with zero attached hydrogens (tertiary/aromatic N) is 3. The van der Waals surface area contributed by atoms with Gasteiger partial charge in [0.2, 0.25) is 5.91 Å². The van der Waals surface area contributed by atoms with E-state index in [0.717, 1.165) is 38.7 Å². The molecule has 0 atom stereocenters. The molecule has 144 valence electrons. The summed E-state index contributed by atoms with van der Waals surface area (Å²) in [5.74, 6) is 0.923. The number of para-hydroxylation sites is 1. The first-order valence-corrected chi connectivity index (χ1v) is 10.2. The molecule has 6 nitrogen and oxygen atoms in total. The van der Waals surface area contributed by atoms with E-state index in [4.69, 9.17) is 0 Å². The number of amides is 1. The maximum Gasteiger partial charge on any atom is 0.224 e. The summed E-state index contributed by atoms with van der Waals surface area (Å²) in [6.07, 6.45) is 0.477. The Morgan fingerprint density at radius 3 is 2.56 bits per heavy atom. The van der Waals surface area contributed by atoms with Crippen LogP contribution < -0.4 is 15.5 Å². The lowest BCUT2D eigenvalue weighted by Gasteiger charge is -2.36. The molecule has 2 aromatic rings. The monoisotopic (exact) mass is 385 g/mol. The van der Waals surface area contributed by atoms with Gasteiger partial charge in [0.1, 0.15) is 0 Å². The Bertz CT molecular complexity index is 724. The minimum Gasteiger partial charge on any atom is -0.368 e. The first kappa shape index (κ1) is 19.2. The number of anilines is 1. The largest absolute Gasteiger partial charge is 0.368 e. The van der Waals surface area contributed by atoms with Crippen LogP contribution in [-0.4, -0.2) is 56.5 Å². The van der Waals surface area contributed by atoms with E-state index in [1.165, 1.54) is 11.3 Å². The van der Waals surface area contributed by atoms with Crippen LogP contribution in [0.4, 0.5) is 5.69 Å². The van der Waals surface area contributed by atoms with E-state index < -0.39 is 0 Å². The number of benzene rings is 1. The number of thiophene rings is 1. The fraction of sp³-hybridized carbons (Fsp3) is 0.400. The third-order valence-corrected chi connectivity index (χ3v) is 5.38. The number of carbonyl (C=O) groups excluding carboxylic acids is 1. The van der Waals surface area contributed by atoms with Crippen LogP contribution in [0.15, 0.2) is 52.2 Å². The van der Waals surface area contributed by atoms with Crippen LogP contribution in [0, 0.1) is 0 Å². The average molecular weight is 386 g/mol. The van der Waals surface area contributed by atoms with Crippen molar-refractivity contribution in [2.24, 2.45) is 4.99 Å². The van der Waals surface area contributed by atoms with Gasteiger partial charge in [0.15, 0.2) is 5.96 Å². The molecule has 1 aromatic heterocycles. The maximum absolute atomic E-state index is 12.5. The van der Waals surface area contributed by atoms with Crippen molar-refractivity contribution in [1.82, 2.24) is 15.5 Å². The van der Waals surface area contributed by atoms with Crippen LogP contribution in [0.3, 0.4) is 0 Å². The molecule has 2 heterocycles. The minimum atomic E-state index is 0.198. The highest BCUT2D eigenvalue weighted by atomic mass is 32.1. The zero-order valence-electron chi connectivity index (χ0n) is 15.7. The van der Waals surface area contributed by atoms with Gasteiger partial charge in [0, 0.05) is 58.4 Å². The number of guanidine groups is 1. The van der Waals surface area contributed by atoms with Gasteiger partial charge < -0.3 is 20.4 Å². The Kier molecular flexibility index (Phi) is 7.10. The second-order valence-electron chi connectivity index (χ2n) is 6.44. The normalized spacial score (nSPS) is 14.9. The van der Waals surface area contributed by atoms with Crippen LogP contribution in [-0.2, 0) is 11.3 Å². The minimum absolute atomic E-state index is 0.198. The summed E-state index contributed by atoms with van der Waals surface area (Å²) in [5, 5.41) is 10.7. The Labute approximate surface area is 164 Å². The number of rotatable bonds is 6. The molecule has 0 spiro atoms. The van der Waals surface area contributed by atoms with Crippen molar-refractivity contribution in [1.29, 1.82) is 0 Å². The van der Waals surface area contributed by atoms with Gasteiger partial charge in [-0.25, -0.2) is 0 Å². The predicted octanol–water partition coefficient (Wildman–Crippen LogP) is 2.15. The molecular formula is C20H27N5OS. The highest BCUT2D eigenvalue weighted by molar-refractivity contribution is 7.07. The highest BCUT2D eigenvalue weighted by Gasteiger charge is 2.20. The molecule has 0 unspecified atom stereocenters. The highest BCUT2D eigenvalue weighted by Crippen LogP contribution is 2.15. The summed E-state index contributed by atoms with van der Waals surface area (Å²) in [7, 11) is 1.74. The van der Waals surface area contributed by atoms with Gasteiger partial charge in [-0.05, 0) is 34.5 Å². The van der Waals surface area contributed by atoms with Gasteiger partial charge >= 0.3 is 0 Å². The second kappa shape index (κ2) is 9.97. The van der Waals surface area contributed by atoms with Gasteiger partial charge in [0.25, 0.3) is 0 Å². The van der Waals surface area contributed by atoms with Crippen molar-refractivity contribution >= 4 is 28.9 Å². The SMILES string of the molecule is CN=C(NCCC(=O)N1CCN(c2ccccc2)CC1)NCc1ccsc1. The number of nitrogens with one attached hydrogen (secondary N) is 2. The molecule has 0 bridgehead atoms.